The molecule has 0 unspecified atom stereocenters. The average molecular weight is 387 g/mol. The van der Waals surface area contributed by atoms with E-state index in [0.717, 1.165) is 11.3 Å². The van der Waals surface area contributed by atoms with Gasteiger partial charge >= 0.3 is 6.03 Å². The van der Waals surface area contributed by atoms with Gasteiger partial charge in [0.1, 0.15) is 0 Å². The van der Waals surface area contributed by atoms with Crippen LogP contribution in [0.5, 0.6) is 0 Å². The molecule has 0 aromatic heterocycles. The fourth-order valence-corrected chi connectivity index (χ4v) is 1.60. The van der Waals surface area contributed by atoms with Gasteiger partial charge in [-0.1, -0.05) is 12.6 Å². The van der Waals surface area contributed by atoms with Crippen LogP contribution in [0, 0.1) is 13.0 Å². The second-order valence-corrected chi connectivity index (χ2v) is 3.47. The van der Waals surface area contributed by atoms with Crippen LogP contribution in [-0.2, 0) is 25.9 Å². The van der Waals surface area contributed by atoms with Gasteiger partial charge in [-0.3, -0.25) is 10.1 Å². The summed E-state index contributed by atoms with van der Waals surface area (Å²) in [6.07, 6.45) is 0.351. The van der Waals surface area contributed by atoms with E-state index in [9.17, 15) is 9.59 Å². The number of rotatable bonds is 1. The van der Waals surface area contributed by atoms with Crippen molar-refractivity contribution in [1.82, 2.24) is 5.32 Å². The Hall–Kier alpha value is -1.15. The van der Waals surface area contributed by atoms with Gasteiger partial charge in [-0.2, -0.15) is 18.2 Å². The molecule has 1 aliphatic heterocycles. The first-order valence-corrected chi connectivity index (χ1v) is 4.76. The molecule has 0 aliphatic carbocycles. The Labute approximate surface area is 108 Å². The van der Waals surface area contributed by atoms with Gasteiger partial charge in [0.05, 0.1) is 0 Å². The van der Waals surface area contributed by atoms with E-state index in [0.29, 0.717) is 13.0 Å². The van der Waals surface area contributed by atoms with Gasteiger partial charge in [-0.15, -0.1) is 11.6 Å². The summed E-state index contributed by atoms with van der Waals surface area (Å²) < 4.78 is 0. The van der Waals surface area contributed by atoms with Crippen molar-refractivity contribution in [1.29, 1.82) is 0 Å². The zero-order valence-corrected chi connectivity index (χ0v) is 11.8. The van der Waals surface area contributed by atoms with Crippen molar-refractivity contribution >= 4 is 17.6 Å². The molecule has 0 atom stereocenters. The van der Waals surface area contributed by atoms with Crippen LogP contribution >= 0.6 is 0 Å². The first kappa shape index (κ1) is 12.9. The first-order chi connectivity index (χ1) is 7.18. The van der Waals surface area contributed by atoms with Crippen molar-refractivity contribution in [2.75, 3.05) is 11.4 Å². The fourth-order valence-electron chi connectivity index (χ4n) is 1.60. The SMILES string of the molecule is Cc1c[c-]ccc1N1CCC(=O)NC1=O.[W]. The summed E-state index contributed by atoms with van der Waals surface area (Å²) in [6, 6.07) is 7.99. The normalized spacial score (nSPS) is 15.4. The van der Waals surface area contributed by atoms with E-state index in [4.69, 9.17) is 0 Å². The average Bonchev–Trinajstić information content (AvgIpc) is 2.20. The number of amides is 3. The molecule has 0 saturated carbocycles. The summed E-state index contributed by atoms with van der Waals surface area (Å²) in [5.74, 6) is -0.212. The third kappa shape index (κ3) is 2.50. The maximum absolute atomic E-state index is 11.5. The molecule has 1 aromatic rings. The van der Waals surface area contributed by atoms with E-state index < -0.39 is 0 Å². The van der Waals surface area contributed by atoms with Gasteiger partial charge in [-0.05, 0) is 0 Å². The molecule has 5 heteroatoms. The predicted octanol–water partition coefficient (Wildman–Crippen LogP) is 1.24. The van der Waals surface area contributed by atoms with Gasteiger partial charge in [0, 0.05) is 34.0 Å². The van der Waals surface area contributed by atoms with Gasteiger partial charge in [0.15, 0.2) is 0 Å². The van der Waals surface area contributed by atoms with Crippen molar-refractivity contribution in [2.24, 2.45) is 0 Å². The van der Waals surface area contributed by atoms with Crippen LogP contribution in [0.15, 0.2) is 18.2 Å². The smallest absolute Gasteiger partial charge is 0.317 e. The Morgan fingerprint density at radius 1 is 1.44 bits per heavy atom. The van der Waals surface area contributed by atoms with E-state index in [-0.39, 0.29) is 33.0 Å². The van der Waals surface area contributed by atoms with E-state index >= 15 is 0 Å². The van der Waals surface area contributed by atoms with Crippen molar-refractivity contribution < 1.29 is 30.7 Å². The number of hydrogen-bond acceptors (Lipinski definition) is 2. The zero-order chi connectivity index (χ0) is 10.8. The summed E-state index contributed by atoms with van der Waals surface area (Å²) in [4.78, 5) is 24.1. The van der Waals surface area contributed by atoms with Crippen LogP contribution in [0.3, 0.4) is 0 Å². The van der Waals surface area contributed by atoms with Gasteiger partial charge in [0.2, 0.25) is 5.91 Å². The summed E-state index contributed by atoms with van der Waals surface area (Å²) in [7, 11) is 0. The number of carbonyl (C=O) groups excluding carboxylic acids is 2. The molecule has 1 aliphatic rings. The van der Waals surface area contributed by atoms with E-state index in [2.05, 4.69) is 11.4 Å². The van der Waals surface area contributed by atoms with Gasteiger partial charge in [-0.25, -0.2) is 4.79 Å². The summed E-state index contributed by atoms with van der Waals surface area (Å²) in [5.41, 5.74) is 1.81. The Morgan fingerprint density at radius 2 is 2.19 bits per heavy atom. The van der Waals surface area contributed by atoms with Gasteiger partial charge < -0.3 is 4.90 Å². The number of nitrogens with one attached hydrogen (secondary N) is 1. The summed E-state index contributed by atoms with van der Waals surface area (Å²) >= 11 is 0. The quantitative estimate of drug-likeness (QED) is 0.738. The Bertz CT molecular complexity index is 420. The molecule has 3 amide bonds. The number of aryl methyl sites for hydroxylation is 1. The van der Waals surface area contributed by atoms with Crippen molar-refractivity contribution in [3.63, 3.8) is 0 Å². The minimum Gasteiger partial charge on any atom is -0.317 e. The van der Waals surface area contributed by atoms with Crippen LogP contribution in [0.25, 0.3) is 0 Å². The standard InChI is InChI=1S/C11H11N2O2.W/c1-8-4-2-3-5-9(8)13-7-6-10(14)12-11(13)15;/h3-5H,6-7H2,1H3,(H,12,14,15);/q-1;. The largest absolute Gasteiger partial charge is 0.326 e. The fraction of sp³-hybridized carbons (Fsp3) is 0.273. The third-order valence-electron chi connectivity index (χ3n) is 2.39. The number of benzene rings is 1. The van der Waals surface area contributed by atoms with Crippen molar-refractivity contribution in [3.8, 4) is 0 Å². The Kier molecular flexibility index (Phi) is 4.25. The molecule has 1 saturated heterocycles. The molecule has 0 spiro atoms. The molecule has 84 valence electrons. The van der Waals surface area contributed by atoms with Crippen LogP contribution in [-0.4, -0.2) is 18.5 Å². The maximum Gasteiger partial charge on any atom is 0.326 e. The molecule has 1 N–H and O–H groups in total. The Balaban J connectivity index is 0.00000128. The second kappa shape index (κ2) is 5.26. The van der Waals surface area contributed by atoms with Gasteiger partial charge in [0.25, 0.3) is 0 Å². The van der Waals surface area contributed by atoms with E-state index in [1.165, 1.54) is 0 Å². The molecule has 1 fully saturated rings. The van der Waals surface area contributed by atoms with Crippen LogP contribution in [0.1, 0.15) is 12.0 Å². The maximum atomic E-state index is 11.5. The number of hydrogen-bond donors (Lipinski definition) is 1. The summed E-state index contributed by atoms with van der Waals surface area (Å²) in [5, 5.41) is 2.29. The van der Waals surface area contributed by atoms with Crippen LogP contribution < -0.4 is 10.2 Å². The van der Waals surface area contributed by atoms with Crippen LogP contribution in [0.2, 0.25) is 0 Å². The van der Waals surface area contributed by atoms with Crippen molar-refractivity contribution in [2.45, 2.75) is 13.3 Å². The van der Waals surface area contributed by atoms with E-state index in [1.807, 2.05) is 19.1 Å². The molecule has 1 aromatic carbocycles. The monoisotopic (exact) mass is 387 g/mol. The zero-order valence-electron chi connectivity index (χ0n) is 8.82. The first-order valence-electron chi connectivity index (χ1n) is 4.76. The summed E-state index contributed by atoms with van der Waals surface area (Å²) in [6.45, 7) is 2.35. The number of nitrogens with zero attached hydrogens (tertiary/aromatic N) is 1. The number of imide groups is 1. The Morgan fingerprint density at radius 3 is 2.81 bits per heavy atom. The third-order valence-corrected chi connectivity index (χ3v) is 2.39. The minimum atomic E-state index is -0.347. The number of urea groups is 1. The van der Waals surface area contributed by atoms with Crippen molar-refractivity contribution in [3.05, 3.63) is 29.8 Å². The topological polar surface area (TPSA) is 49.4 Å². The molecule has 2 rings (SSSR count). The van der Waals surface area contributed by atoms with Crippen LogP contribution in [0.4, 0.5) is 10.5 Å². The molecule has 0 radical (unpaired) electrons. The second-order valence-electron chi connectivity index (χ2n) is 3.47. The molecule has 0 bridgehead atoms. The number of carbonyl (C=O) groups is 2. The number of anilines is 1. The molecule has 4 nitrogen and oxygen atoms in total. The molecule has 1 heterocycles. The molecular formula is C11H11N2O2W-. The molecular weight excluding hydrogens is 376 g/mol. The predicted molar refractivity (Wildman–Crippen MR) is 55.5 cm³/mol. The van der Waals surface area contributed by atoms with E-state index in [1.54, 1.807) is 11.0 Å². The minimum absolute atomic E-state index is 0. The molecule has 16 heavy (non-hydrogen) atoms.